The number of rotatable bonds is 7. The van der Waals surface area contributed by atoms with Gasteiger partial charge in [0.1, 0.15) is 0 Å². The second kappa shape index (κ2) is 7.61. The molecule has 0 aliphatic carbocycles. The van der Waals surface area contributed by atoms with Crippen LogP contribution >= 0.6 is 0 Å². The van der Waals surface area contributed by atoms with Crippen molar-refractivity contribution in [3.05, 3.63) is 35.4 Å². The second-order valence-electron chi connectivity index (χ2n) is 4.86. The Hall–Kier alpha value is -1.11. The van der Waals surface area contributed by atoms with Crippen molar-refractivity contribution in [1.82, 2.24) is 5.32 Å². The van der Waals surface area contributed by atoms with Crippen molar-refractivity contribution < 1.29 is 23.0 Å². The third kappa shape index (κ3) is 6.36. The molecule has 114 valence electrons. The molecule has 0 aliphatic rings. The molecule has 3 nitrogen and oxygen atoms in total. The first-order valence-electron chi connectivity index (χ1n) is 6.45. The summed E-state index contributed by atoms with van der Waals surface area (Å²) >= 11 is 0. The zero-order valence-electron chi connectivity index (χ0n) is 11.6. The van der Waals surface area contributed by atoms with Gasteiger partial charge in [0, 0.05) is 13.1 Å². The monoisotopic (exact) mass is 291 g/mol. The lowest BCUT2D eigenvalue weighted by molar-refractivity contribution is -0.137. The van der Waals surface area contributed by atoms with Crippen LogP contribution < -0.4 is 5.32 Å². The van der Waals surface area contributed by atoms with E-state index in [1.807, 2.05) is 13.8 Å². The predicted molar refractivity (Wildman–Crippen MR) is 70.2 cm³/mol. The van der Waals surface area contributed by atoms with Gasteiger partial charge in [-0.3, -0.25) is 0 Å². The number of nitrogens with one attached hydrogen (secondary N) is 1. The van der Waals surface area contributed by atoms with Crippen molar-refractivity contribution in [3.8, 4) is 0 Å². The Balaban J connectivity index is 2.39. The van der Waals surface area contributed by atoms with Crippen LogP contribution in [0.2, 0.25) is 0 Å². The molecule has 0 aliphatic heterocycles. The minimum absolute atomic E-state index is 0.0353. The van der Waals surface area contributed by atoms with Crippen LogP contribution in [0.1, 0.15) is 25.0 Å². The van der Waals surface area contributed by atoms with Crippen LogP contribution in [0.5, 0.6) is 0 Å². The Labute approximate surface area is 116 Å². The molecular formula is C14H20F3NO2. The van der Waals surface area contributed by atoms with Crippen LogP contribution in [0.15, 0.2) is 24.3 Å². The first-order chi connectivity index (χ1) is 9.29. The van der Waals surface area contributed by atoms with Gasteiger partial charge >= 0.3 is 6.18 Å². The van der Waals surface area contributed by atoms with Crippen LogP contribution in [0.25, 0.3) is 0 Å². The summed E-state index contributed by atoms with van der Waals surface area (Å²) in [4.78, 5) is 0. The maximum atomic E-state index is 12.5. The number of aliphatic hydroxyl groups is 1. The van der Waals surface area contributed by atoms with E-state index in [1.165, 1.54) is 6.07 Å². The van der Waals surface area contributed by atoms with E-state index in [2.05, 4.69) is 5.32 Å². The van der Waals surface area contributed by atoms with E-state index in [0.717, 1.165) is 12.1 Å². The van der Waals surface area contributed by atoms with Gasteiger partial charge in [-0.2, -0.15) is 13.2 Å². The van der Waals surface area contributed by atoms with Gasteiger partial charge < -0.3 is 15.2 Å². The second-order valence-corrected chi connectivity index (χ2v) is 4.86. The number of hydrogen-bond acceptors (Lipinski definition) is 3. The number of halogens is 3. The topological polar surface area (TPSA) is 41.5 Å². The van der Waals surface area contributed by atoms with E-state index in [9.17, 15) is 18.3 Å². The fourth-order valence-corrected chi connectivity index (χ4v) is 1.60. The Kier molecular flexibility index (Phi) is 6.45. The van der Waals surface area contributed by atoms with Crippen LogP contribution in [-0.4, -0.2) is 30.5 Å². The number of ether oxygens (including phenoxy) is 1. The minimum atomic E-state index is -4.33. The summed E-state index contributed by atoms with van der Waals surface area (Å²) in [6, 6.07) is 5.12. The lowest BCUT2D eigenvalue weighted by Gasteiger charge is -2.14. The molecule has 0 bridgehead atoms. The summed E-state index contributed by atoms with van der Waals surface area (Å²) in [6.45, 7) is 4.46. The Morgan fingerprint density at radius 2 is 2.00 bits per heavy atom. The van der Waals surface area contributed by atoms with E-state index in [4.69, 9.17) is 4.74 Å². The van der Waals surface area contributed by atoms with Crippen molar-refractivity contribution in [2.75, 3.05) is 13.2 Å². The quantitative estimate of drug-likeness (QED) is 0.811. The zero-order chi connectivity index (χ0) is 15.2. The third-order valence-corrected chi connectivity index (χ3v) is 2.59. The molecule has 0 heterocycles. The molecule has 0 saturated carbocycles. The maximum Gasteiger partial charge on any atom is 0.416 e. The SMILES string of the molecule is CC(C)OCC(O)CNCc1cccc(C(F)(F)F)c1. The summed E-state index contributed by atoms with van der Waals surface area (Å²) in [5.74, 6) is 0. The van der Waals surface area contributed by atoms with Crippen molar-refractivity contribution in [1.29, 1.82) is 0 Å². The largest absolute Gasteiger partial charge is 0.416 e. The van der Waals surface area contributed by atoms with Crippen LogP contribution in [0.4, 0.5) is 13.2 Å². The molecule has 0 saturated heterocycles. The van der Waals surface area contributed by atoms with Gasteiger partial charge in [-0.15, -0.1) is 0 Å². The van der Waals surface area contributed by atoms with E-state index in [1.54, 1.807) is 6.07 Å². The number of alkyl halides is 3. The predicted octanol–water partition coefficient (Wildman–Crippen LogP) is 2.58. The van der Waals surface area contributed by atoms with Gasteiger partial charge in [0.05, 0.1) is 24.4 Å². The summed E-state index contributed by atoms with van der Waals surface area (Å²) in [7, 11) is 0. The van der Waals surface area contributed by atoms with Crippen molar-refractivity contribution in [2.45, 2.75) is 38.8 Å². The summed E-state index contributed by atoms with van der Waals surface area (Å²) < 4.78 is 42.8. The molecule has 0 amide bonds. The van der Waals surface area contributed by atoms with Crippen LogP contribution in [0, 0.1) is 0 Å². The molecule has 1 atom stereocenters. The Bertz CT molecular complexity index is 408. The van der Waals surface area contributed by atoms with Gasteiger partial charge in [-0.05, 0) is 25.5 Å². The molecule has 0 aromatic heterocycles. The lowest BCUT2D eigenvalue weighted by Crippen LogP contribution is -2.31. The number of benzene rings is 1. The molecule has 2 N–H and O–H groups in total. The highest BCUT2D eigenvalue weighted by Gasteiger charge is 2.30. The van der Waals surface area contributed by atoms with E-state index < -0.39 is 17.8 Å². The number of aliphatic hydroxyl groups excluding tert-OH is 1. The third-order valence-electron chi connectivity index (χ3n) is 2.59. The van der Waals surface area contributed by atoms with Gasteiger partial charge in [0.25, 0.3) is 0 Å². The van der Waals surface area contributed by atoms with Crippen molar-refractivity contribution in [2.24, 2.45) is 0 Å². The fourth-order valence-electron chi connectivity index (χ4n) is 1.60. The van der Waals surface area contributed by atoms with E-state index in [0.29, 0.717) is 5.56 Å². The summed E-state index contributed by atoms with van der Waals surface area (Å²) in [6.07, 6.45) is -4.98. The molecular weight excluding hydrogens is 271 g/mol. The highest BCUT2D eigenvalue weighted by Crippen LogP contribution is 2.29. The smallest absolute Gasteiger partial charge is 0.389 e. The Morgan fingerprint density at radius 1 is 1.30 bits per heavy atom. The van der Waals surface area contributed by atoms with Crippen molar-refractivity contribution >= 4 is 0 Å². The average Bonchev–Trinajstić information content (AvgIpc) is 2.36. The molecule has 20 heavy (non-hydrogen) atoms. The van der Waals surface area contributed by atoms with Crippen molar-refractivity contribution in [3.63, 3.8) is 0 Å². The maximum absolute atomic E-state index is 12.5. The summed E-state index contributed by atoms with van der Waals surface area (Å²) in [5, 5.41) is 12.5. The Morgan fingerprint density at radius 3 is 2.60 bits per heavy atom. The summed E-state index contributed by atoms with van der Waals surface area (Å²) in [5.41, 5.74) is -0.141. The first kappa shape index (κ1) is 16.9. The standard InChI is InChI=1S/C14H20F3NO2/c1-10(2)20-9-13(19)8-18-7-11-4-3-5-12(6-11)14(15,16)17/h3-6,10,13,18-19H,7-9H2,1-2H3. The molecule has 1 rings (SSSR count). The molecule has 0 fully saturated rings. The van der Waals surface area contributed by atoms with Gasteiger partial charge in [-0.25, -0.2) is 0 Å². The minimum Gasteiger partial charge on any atom is -0.389 e. The number of hydrogen-bond donors (Lipinski definition) is 2. The van der Waals surface area contributed by atoms with Crippen LogP contribution in [-0.2, 0) is 17.5 Å². The van der Waals surface area contributed by atoms with Crippen LogP contribution in [0.3, 0.4) is 0 Å². The highest BCUT2D eigenvalue weighted by molar-refractivity contribution is 5.25. The highest BCUT2D eigenvalue weighted by atomic mass is 19.4. The van der Waals surface area contributed by atoms with E-state index in [-0.39, 0.29) is 25.8 Å². The molecule has 1 aromatic carbocycles. The average molecular weight is 291 g/mol. The lowest BCUT2D eigenvalue weighted by atomic mass is 10.1. The van der Waals surface area contributed by atoms with E-state index >= 15 is 0 Å². The molecule has 0 radical (unpaired) electrons. The first-order valence-corrected chi connectivity index (χ1v) is 6.45. The normalized spacial score (nSPS) is 13.8. The molecule has 0 spiro atoms. The van der Waals surface area contributed by atoms with Gasteiger partial charge in [0.2, 0.25) is 0 Å². The molecule has 1 aromatic rings. The molecule has 6 heteroatoms. The zero-order valence-corrected chi connectivity index (χ0v) is 11.6. The molecule has 1 unspecified atom stereocenters. The van der Waals surface area contributed by atoms with Gasteiger partial charge in [0.15, 0.2) is 0 Å². The van der Waals surface area contributed by atoms with Gasteiger partial charge in [-0.1, -0.05) is 18.2 Å². The fraction of sp³-hybridized carbons (Fsp3) is 0.571.